The molecule has 1 rings (SSSR count). The Morgan fingerprint density at radius 3 is 2.33 bits per heavy atom. The first-order chi connectivity index (χ1) is 8.72. The summed E-state index contributed by atoms with van der Waals surface area (Å²) in [4.78, 5) is 2.66. The Kier molecular flexibility index (Phi) is 8.70. The van der Waals surface area contributed by atoms with Crippen molar-refractivity contribution in [3.63, 3.8) is 0 Å². The monoisotopic (exact) mass is 254 g/mol. The predicted octanol–water partition coefficient (Wildman–Crippen LogP) is 3.67. The maximum absolute atomic E-state index is 3.57. The number of nitrogens with one attached hydrogen (secondary N) is 1. The van der Waals surface area contributed by atoms with Crippen LogP contribution in [0.2, 0.25) is 0 Å². The van der Waals surface area contributed by atoms with Crippen LogP contribution in [0.1, 0.15) is 65.7 Å². The quantitative estimate of drug-likeness (QED) is 0.632. The normalized spacial score (nSPS) is 18.7. The summed E-state index contributed by atoms with van der Waals surface area (Å²) in [5.41, 5.74) is 0. The van der Waals surface area contributed by atoms with Crippen molar-refractivity contribution in [3.8, 4) is 0 Å². The van der Waals surface area contributed by atoms with E-state index in [0.29, 0.717) is 0 Å². The lowest BCUT2D eigenvalue weighted by Crippen LogP contribution is -2.42. The van der Waals surface area contributed by atoms with E-state index < -0.39 is 0 Å². The third-order valence-electron chi connectivity index (χ3n) is 4.09. The molecular weight excluding hydrogens is 220 g/mol. The highest BCUT2D eigenvalue weighted by Crippen LogP contribution is 2.13. The van der Waals surface area contributed by atoms with Crippen molar-refractivity contribution >= 4 is 0 Å². The molecular formula is C16H34N2. The second kappa shape index (κ2) is 9.80. The summed E-state index contributed by atoms with van der Waals surface area (Å²) < 4.78 is 0. The fourth-order valence-corrected chi connectivity index (χ4v) is 2.89. The van der Waals surface area contributed by atoms with Gasteiger partial charge in [0.15, 0.2) is 0 Å². The first kappa shape index (κ1) is 16.0. The Balaban J connectivity index is 1.91. The molecule has 0 amide bonds. The second-order valence-electron chi connectivity index (χ2n) is 6.27. The fourth-order valence-electron chi connectivity index (χ4n) is 2.89. The van der Waals surface area contributed by atoms with Crippen LogP contribution in [0.5, 0.6) is 0 Å². The van der Waals surface area contributed by atoms with Gasteiger partial charge < -0.3 is 10.2 Å². The number of piperidine rings is 1. The lowest BCUT2D eigenvalue weighted by atomic mass is 10.0. The van der Waals surface area contributed by atoms with Gasteiger partial charge in [-0.3, -0.25) is 0 Å². The van der Waals surface area contributed by atoms with Crippen LogP contribution in [0, 0.1) is 5.92 Å². The Bertz CT molecular complexity index is 184. The van der Waals surface area contributed by atoms with Gasteiger partial charge in [-0.25, -0.2) is 0 Å². The van der Waals surface area contributed by atoms with E-state index in [4.69, 9.17) is 0 Å². The van der Waals surface area contributed by atoms with E-state index in [1.165, 1.54) is 64.6 Å². The largest absolute Gasteiger partial charge is 0.314 e. The van der Waals surface area contributed by atoms with Crippen molar-refractivity contribution in [3.05, 3.63) is 0 Å². The van der Waals surface area contributed by atoms with Gasteiger partial charge in [-0.2, -0.15) is 0 Å². The highest BCUT2D eigenvalue weighted by Gasteiger charge is 2.17. The third kappa shape index (κ3) is 7.38. The molecule has 0 aromatic heterocycles. The van der Waals surface area contributed by atoms with Crippen LogP contribution in [-0.2, 0) is 0 Å². The number of hydrogen-bond acceptors (Lipinski definition) is 2. The lowest BCUT2D eigenvalue weighted by Gasteiger charge is -2.32. The summed E-state index contributed by atoms with van der Waals surface area (Å²) >= 11 is 0. The first-order valence-electron chi connectivity index (χ1n) is 8.18. The maximum atomic E-state index is 3.57. The molecule has 108 valence electrons. The molecule has 1 aliphatic heterocycles. The van der Waals surface area contributed by atoms with Gasteiger partial charge in [0, 0.05) is 6.04 Å². The van der Waals surface area contributed by atoms with E-state index in [1.54, 1.807) is 0 Å². The summed E-state index contributed by atoms with van der Waals surface area (Å²) in [5.74, 6) is 0.884. The number of unbranched alkanes of at least 4 members (excludes halogenated alkanes) is 3. The van der Waals surface area contributed by atoms with Crippen molar-refractivity contribution in [2.24, 2.45) is 5.92 Å². The van der Waals surface area contributed by atoms with Crippen LogP contribution in [0.15, 0.2) is 0 Å². The molecule has 1 aliphatic rings. The molecule has 0 unspecified atom stereocenters. The molecule has 0 aliphatic carbocycles. The van der Waals surface area contributed by atoms with Crippen molar-refractivity contribution < 1.29 is 0 Å². The summed E-state index contributed by atoms with van der Waals surface area (Å²) in [6.45, 7) is 11.9. The molecule has 18 heavy (non-hydrogen) atoms. The standard InChI is InChI=1S/C16H34N2/c1-4-17-16-10-13-18(14-11-16)12-8-6-5-7-9-15(2)3/h15-17H,4-14H2,1-3H3. The molecule has 1 N–H and O–H groups in total. The Labute approximate surface area is 115 Å². The van der Waals surface area contributed by atoms with E-state index >= 15 is 0 Å². The minimum Gasteiger partial charge on any atom is -0.314 e. The molecule has 0 spiro atoms. The fraction of sp³-hybridized carbons (Fsp3) is 1.00. The second-order valence-corrected chi connectivity index (χ2v) is 6.27. The van der Waals surface area contributed by atoms with Crippen LogP contribution in [0.4, 0.5) is 0 Å². The molecule has 1 heterocycles. The minimum absolute atomic E-state index is 0.789. The number of rotatable bonds is 9. The van der Waals surface area contributed by atoms with E-state index in [-0.39, 0.29) is 0 Å². The zero-order valence-corrected chi connectivity index (χ0v) is 12.9. The molecule has 0 saturated carbocycles. The van der Waals surface area contributed by atoms with E-state index in [0.717, 1.165) is 18.5 Å². The lowest BCUT2D eigenvalue weighted by molar-refractivity contribution is 0.195. The van der Waals surface area contributed by atoms with Crippen molar-refractivity contribution in [2.45, 2.75) is 71.8 Å². The molecule has 0 bridgehead atoms. The summed E-state index contributed by atoms with van der Waals surface area (Å²) in [5, 5.41) is 3.57. The Morgan fingerprint density at radius 1 is 1.06 bits per heavy atom. The van der Waals surface area contributed by atoms with E-state index in [1.807, 2.05) is 0 Å². The molecule has 0 aromatic rings. The van der Waals surface area contributed by atoms with Gasteiger partial charge in [-0.05, 0) is 51.4 Å². The van der Waals surface area contributed by atoms with Crippen LogP contribution in [0.3, 0.4) is 0 Å². The van der Waals surface area contributed by atoms with Gasteiger partial charge in [0.2, 0.25) is 0 Å². The van der Waals surface area contributed by atoms with Crippen LogP contribution < -0.4 is 5.32 Å². The van der Waals surface area contributed by atoms with Crippen LogP contribution in [-0.4, -0.2) is 37.1 Å². The number of hydrogen-bond donors (Lipinski definition) is 1. The van der Waals surface area contributed by atoms with Gasteiger partial charge in [0.1, 0.15) is 0 Å². The summed E-state index contributed by atoms with van der Waals surface area (Å²) in [6.07, 6.45) is 9.81. The number of likely N-dealkylation sites (tertiary alicyclic amines) is 1. The molecule has 2 nitrogen and oxygen atoms in total. The molecule has 1 saturated heterocycles. The topological polar surface area (TPSA) is 15.3 Å². The SMILES string of the molecule is CCNC1CCN(CCCCCCC(C)C)CC1. The van der Waals surface area contributed by atoms with E-state index in [9.17, 15) is 0 Å². The third-order valence-corrected chi connectivity index (χ3v) is 4.09. The number of nitrogens with zero attached hydrogens (tertiary/aromatic N) is 1. The zero-order chi connectivity index (χ0) is 13.2. The summed E-state index contributed by atoms with van der Waals surface area (Å²) in [6, 6.07) is 0.789. The van der Waals surface area contributed by atoms with Gasteiger partial charge in [0.25, 0.3) is 0 Å². The first-order valence-corrected chi connectivity index (χ1v) is 8.18. The maximum Gasteiger partial charge on any atom is 0.00912 e. The predicted molar refractivity (Wildman–Crippen MR) is 81.1 cm³/mol. The zero-order valence-electron chi connectivity index (χ0n) is 12.9. The average Bonchev–Trinajstić information content (AvgIpc) is 2.35. The molecule has 1 fully saturated rings. The minimum atomic E-state index is 0.789. The molecule has 0 radical (unpaired) electrons. The highest BCUT2D eigenvalue weighted by atomic mass is 15.1. The van der Waals surface area contributed by atoms with E-state index in [2.05, 4.69) is 31.0 Å². The highest BCUT2D eigenvalue weighted by molar-refractivity contribution is 4.76. The Morgan fingerprint density at radius 2 is 1.72 bits per heavy atom. The molecule has 0 aromatic carbocycles. The molecule has 2 heteroatoms. The average molecular weight is 254 g/mol. The van der Waals surface area contributed by atoms with Crippen LogP contribution in [0.25, 0.3) is 0 Å². The van der Waals surface area contributed by atoms with Crippen molar-refractivity contribution in [1.29, 1.82) is 0 Å². The summed E-state index contributed by atoms with van der Waals surface area (Å²) in [7, 11) is 0. The molecule has 0 atom stereocenters. The van der Waals surface area contributed by atoms with Crippen molar-refractivity contribution in [1.82, 2.24) is 10.2 Å². The van der Waals surface area contributed by atoms with Gasteiger partial charge in [-0.1, -0.05) is 46.5 Å². The van der Waals surface area contributed by atoms with Gasteiger partial charge in [0.05, 0.1) is 0 Å². The smallest absolute Gasteiger partial charge is 0.00912 e. The van der Waals surface area contributed by atoms with Crippen molar-refractivity contribution in [2.75, 3.05) is 26.2 Å². The van der Waals surface area contributed by atoms with Crippen LogP contribution >= 0.6 is 0 Å². The van der Waals surface area contributed by atoms with Gasteiger partial charge >= 0.3 is 0 Å². The Hall–Kier alpha value is -0.0800. The van der Waals surface area contributed by atoms with Gasteiger partial charge in [-0.15, -0.1) is 0 Å².